The molecule has 0 radical (unpaired) electrons. The maximum Gasteiger partial charge on any atom is 0.240 e. The molecule has 2 heterocycles. The number of rotatable bonds is 10. The molecule has 10 nitrogen and oxygen atoms in total. The van der Waals surface area contributed by atoms with Crippen LogP contribution in [-0.4, -0.2) is 48.5 Å². The van der Waals surface area contributed by atoms with Crippen molar-refractivity contribution in [2.24, 2.45) is 0 Å². The Morgan fingerprint density at radius 2 is 1.51 bits per heavy atom. The van der Waals surface area contributed by atoms with Gasteiger partial charge in [-0.05, 0) is 66.7 Å². The van der Waals surface area contributed by atoms with Gasteiger partial charge in [0.05, 0.1) is 12.0 Å². The number of nitrogens with zero attached hydrogens (tertiary/aromatic N) is 4. The van der Waals surface area contributed by atoms with E-state index in [1.54, 1.807) is 35.9 Å². The van der Waals surface area contributed by atoms with Gasteiger partial charge in [0, 0.05) is 18.2 Å². The number of sulfonamides is 1. The molecule has 0 fully saturated rings. The number of methoxy groups -OCH3 is 1. The maximum absolute atomic E-state index is 12.6. The van der Waals surface area contributed by atoms with Crippen molar-refractivity contribution < 1.29 is 22.6 Å². The molecule has 0 saturated heterocycles. The van der Waals surface area contributed by atoms with E-state index in [9.17, 15) is 8.42 Å². The monoisotopic (exact) mass is 517 g/mol. The highest BCUT2D eigenvalue weighted by Gasteiger charge is 2.14. The van der Waals surface area contributed by atoms with E-state index < -0.39 is 10.0 Å². The predicted molar refractivity (Wildman–Crippen MR) is 136 cm³/mol. The van der Waals surface area contributed by atoms with Gasteiger partial charge < -0.3 is 14.2 Å². The molecule has 2 aromatic heterocycles. The quantitative estimate of drug-likeness (QED) is 0.277. The van der Waals surface area contributed by atoms with Crippen LogP contribution in [0.2, 0.25) is 0 Å². The number of para-hydroxylation sites is 1. The molecule has 3 aromatic carbocycles. The van der Waals surface area contributed by atoms with Gasteiger partial charge in [0.15, 0.2) is 11.5 Å². The van der Waals surface area contributed by atoms with Gasteiger partial charge in [-0.2, -0.15) is 4.52 Å². The number of aromatic nitrogens is 4. The first kappa shape index (κ1) is 24.2. The Labute approximate surface area is 213 Å². The zero-order chi connectivity index (χ0) is 25.7. The van der Waals surface area contributed by atoms with Crippen molar-refractivity contribution in [1.82, 2.24) is 24.5 Å². The van der Waals surface area contributed by atoms with Crippen molar-refractivity contribution in [2.45, 2.75) is 4.90 Å². The van der Waals surface area contributed by atoms with Crippen LogP contribution in [0.25, 0.3) is 17.0 Å². The fraction of sp³-hybridized carbons (Fsp3) is 0.115. The Morgan fingerprint density at radius 1 is 0.811 bits per heavy atom. The molecule has 0 unspecified atom stereocenters. The molecule has 11 heteroatoms. The molecule has 5 rings (SSSR count). The minimum Gasteiger partial charge on any atom is -0.497 e. The molecule has 0 bridgehead atoms. The second kappa shape index (κ2) is 10.6. The number of hydrogen-bond donors (Lipinski definition) is 1. The first-order valence-corrected chi connectivity index (χ1v) is 12.8. The second-order valence-electron chi connectivity index (χ2n) is 7.83. The average molecular weight is 518 g/mol. The standard InChI is InChI=1S/C26H23N5O5S/c1-34-20-9-7-19(8-10-20)26-29-28-24-15-16-25(30-31(24)26)35-18-17-27-37(32,33)23-13-11-22(12-14-23)36-21-5-3-2-4-6-21/h2-16,27H,17-18H2,1H3. The number of benzene rings is 3. The van der Waals surface area contributed by atoms with Crippen LogP contribution in [0.3, 0.4) is 0 Å². The van der Waals surface area contributed by atoms with E-state index in [1.165, 1.54) is 12.1 Å². The summed E-state index contributed by atoms with van der Waals surface area (Å²) in [5, 5.41) is 12.8. The van der Waals surface area contributed by atoms with Gasteiger partial charge in [0.2, 0.25) is 15.9 Å². The third-order valence-electron chi connectivity index (χ3n) is 5.34. The Hall–Kier alpha value is -4.48. The lowest BCUT2D eigenvalue weighted by atomic mass is 10.2. The van der Waals surface area contributed by atoms with Crippen LogP contribution in [0, 0.1) is 0 Å². The van der Waals surface area contributed by atoms with E-state index >= 15 is 0 Å². The van der Waals surface area contributed by atoms with Gasteiger partial charge in [-0.1, -0.05) is 18.2 Å². The first-order valence-electron chi connectivity index (χ1n) is 11.3. The van der Waals surface area contributed by atoms with Crippen molar-refractivity contribution in [2.75, 3.05) is 20.3 Å². The normalized spacial score (nSPS) is 11.4. The van der Waals surface area contributed by atoms with Gasteiger partial charge in [0.25, 0.3) is 0 Å². The van der Waals surface area contributed by atoms with Crippen molar-refractivity contribution >= 4 is 15.7 Å². The van der Waals surface area contributed by atoms with Crippen LogP contribution in [0.1, 0.15) is 0 Å². The van der Waals surface area contributed by atoms with Crippen LogP contribution in [0.15, 0.2) is 95.9 Å². The molecule has 0 saturated carbocycles. The van der Waals surface area contributed by atoms with Gasteiger partial charge in [-0.25, -0.2) is 13.1 Å². The molecule has 37 heavy (non-hydrogen) atoms. The van der Waals surface area contributed by atoms with Crippen molar-refractivity contribution in [1.29, 1.82) is 0 Å². The smallest absolute Gasteiger partial charge is 0.240 e. The molecule has 1 N–H and O–H groups in total. The summed E-state index contributed by atoms with van der Waals surface area (Å²) >= 11 is 0. The summed E-state index contributed by atoms with van der Waals surface area (Å²) in [4.78, 5) is 0.126. The molecule has 0 aliphatic heterocycles. The summed E-state index contributed by atoms with van der Waals surface area (Å²) in [5.41, 5.74) is 1.37. The molecule has 0 aliphatic carbocycles. The van der Waals surface area contributed by atoms with E-state index in [0.29, 0.717) is 28.9 Å². The van der Waals surface area contributed by atoms with Gasteiger partial charge >= 0.3 is 0 Å². The van der Waals surface area contributed by atoms with E-state index in [4.69, 9.17) is 14.2 Å². The van der Waals surface area contributed by atoms with Crippen LogP contribution in [-0.2, 0) is 10.0 Å². The Bertz CT molecular complexity index is 1590. The van der Waals surface area contributed by atoms with E-state index in [-0.39, 0.29) is 18.0 Å². The zero-order valence-electron chi connectivity index (χ0n) is 19.8. The summed E-state index contributed by atoms with van der Waals surface area (Å²) < 4.78 is 46.0. The highest BCUT2D eigenvalue weighted by atomic mass is 32.2. The molecule has 0 amide bonds. The highest BCUT2D eigenvalue weighted by Crippen LogP contribution is 2.23. The van der Waals surface area contributed by atoms with Crippen molar-refractivity contribution in [3.8, 4) is 34.5 Å². The summed E-state index contributed by atoms with van der Waals surface area (Å²) in [6.07, 6.45) is 0. The van der Waals surface area contributed by atoms with Crippen LogP contribution < -0.4 is 18.9 Å². The number of hydrogen-bond acceptors (Lipinski definition) is 8. The van der Waals surface area contributed by atoms with E-state index in [1.807, 2.05) is 54.6 Å². The van der Waals surface area contributed by atoms with Crippen LogP contribution in [0.4, 0.5) is 0 Å². The predicted octanol–water partition coefficient (Wildman–Crippen LogP) is 3.95. The fourth-order valence-corrected chi connectivity index (χ4v) is 4.51. The lowest BCUT2D eigenvalue weighted by Gasteiger charge is -2.10. The molecular formula is C26H23N5O5S. The fourth-order valence-electron chi connectivity index (χ4n) is 3.50. The van der Waals surface area contributed by atoms with E-state index in [0.717, 1.165) is 11.3 Å². The largest absolute Gasteiger partial charge is 0.497 e. The topological polar surface area (TPSA) is 117 Å². The SMILES string of the molecule is COc1ccc(-c2nnc3ccc(OCCNS(=O)(=O)c4ccc(Oc5ccccc5)cc4)nn23)cc1. The second-order valence-corrected chi connectivity index (χ2v) is 9.59. The van der Waals surface area contributed by atoms with Crippen molar-refractivity contribution in [3.05, 3.63) is 91.0 Å². The minimum absolute atomic E-state index is 0.0534. The Kier molecular flexibility index (Phi) is 6.97. The van der Waals surface area contributed by atoms with Gasteiger partial charge in [-0.3, -0.25) is 0 Å². The average Bonchev–Trinajstić information content (AvgIpc) is 3.35. The van der Waals surface area contributed by atoms with Crippen molar-refractivity contribution in [3.63, 3.8) is 0 Å². The van der Waals surface area contributed by atoms with E-state index in [2.05, 4.69) is 20.0 Å². The molecule has 0 atom stereocenters. The lowest BCUT2D eigenvalue weighted by molar-refractivity contribution is 0.306. The van der Waals surface area contributed by atoms with Crippen LogP contribution >= 0.6 is 0 Å². The minimum atomic E-state index is -3.72. The third kappa shape index (κ3) is 5.68. The lowest BCUT2D eigenvalue weighted by Crippen LogP contribution is -2.28. The Balaban J connectivity index is 1.18. The number of fused-ring (bicyclic) bond motifs is 1. The third-order valence-corrected chi connectivity index (χ3v) is 6.82. The molecule has 0 aliphatic rings. The maximum atomic E-state index is 12.6. The summed E-state index contributed by atoms with van der Waals surface area (Å²) in [6.45, 7) is 0.130. The number of ether oxygens (including phenoxy) is 3. The van der Waals surface area contributed by atoms with Gasteiger partial charge in [0.1, 0.15) is 23.9 Å². The number of nitrogens with one attached hydrogen (secondary N) is 1. The molecule has 5 aromatic rings. The van der Waals surface area contributed by atoms with Crippen LogP contribution in [0.5, 0.6) is 23.1 Å². The first-order chi connectivity index (χ1) is 18.0. The molecular weight excluding hydrogens is 494 g/mol. The summed E-state index contributed by atoms with van der Waals surface area (Å²) in [6, 6.07) is 26.2. The summed E-state index contributed by atoms with van der Waals surface area (Å²) in [5.74, 6) is 2.79. The molecule has 188 valence electrons. The zero-order valence-corrected chi connectivity index (χ0v) is 20.6. The molecule has 0 spiro atoms. The highest BCUT2D eigenvalue weighted by molar-refractivity contribution is 7.89. The van der Waals surface area contributed by atoms with Gasteiger partial charge in [-0.15, -0.1) is 15.3 Å². The summed E-state index contributed by atoms with van der Waals surface area (Å²) in [7, 11) is -2.12. The Morgan fingerprint density at radius 3 is 2.24 bits per heavy atom.